The number of nitrogens with one attached hydrogen (secondary N) is 1. The van der Waals surface area contributed by atoms with Gasteiger partial charge in [0.05, 0.1) is 18.4 Å². The van der Waals surface area contributed by atoms with Gasteiger partial charge in [0.1, 0.15) is 6.04 Å². The first-order valence-electron chi connectivity index (χ1n) is 6.06. The predicted molar refractivity (Wildman–Crippen MR) is 72.0 cm³/mol. The highest BCUT2D eigenvalue weighted by Crippen LogP contribution is 2.26. The second-order valence-electron chi connectivity index (χ2n) is 4.43. The Morgan fingerprint density at radius 2 is 2.26 bits per heavy atom. The average molecular weight is 263 g/mol. The van der Waals surface area contributed by atoms with Crippen molar-refractivity contribution in [1.82, 2.24) is 5.32 Å². The van der Waals surface area contributed by atoms with Crippen molar-refractivity contribution < 1.29 is 14.3 Å². The lowest BCUT2D eigenvalue weighted by Crippen LogP contribution is -2.54. The molecule has 6 nitrogen and oxygen atoms in total. The van der Waals surface area contributed by atoms with Crippen molar-refractivity contribution in [2.24, 2.45) is 0 Å². The number of hydrogen-bond acceptors (Lipinski definition) is 5. The third kappa shape index (κ3) is 2.47. The molecule has 0 saturated carbocycles. The van der Waals surface area contributed by atoms with Crippen molar-refractivity contribution in [3.63, 3.8) is 0 Å². The molecule has 0 radical (unpaired) electrons. The molecule has 1 unspecified atom stereocenters. The minimum atomic E-state index is -0.458. The van der Waals surface area contributed by atoms with E-state index in [0.29, 0.717) is 30.0 Å². The second kappa shape index (κ2) is 5.17. The van der Waals surface area contributed by atoms with Crippen molar-refractivity contribution in [2.75, 3.05) is 30.8 Å². The highest BCUT2D eigenvalue weighted by atomic mass is 16.5. The normalized spacial score (nSPS) is 18.9. The number of anilines is 2. The SMILES string of the molecule is COC(=O)c1cc(N)ccc1N1CCNC(=O)C1C. The van der Waals surface area contributed by atoms with E-state index in [2.05, 4.69) is 5.32 Å². The molecule has 2 rings (SSSR count). The Morgan fingerprint density at radius 1 is 1.53 bits per heavy atom. The van der Waals surface area contributed by atoms with Gasteiger partial charge in [-0.1, -0.05) is 0 Å². The number of methoxy groups -OCH3 is 1. The van der Waals surface area contributed by atoms with Crippen LogP contribution in [0.4, 0.5) is 11.4 Å². The van der Waals surface area contributed by atoms with Gasteiger partial charge >= 0.3 is 5.97 Å². The fourth-order valence-corrected chi connectivity index (χ4v) is 2.19. The van der Waals surface area contributed by atoms with Gasteiger partial charge in [-0.25, -0.2) is 4.79 Å². The average Bonchev–Trinajstić information content (AvgIpc) is 2.41. The summed E-state index contributed by atoms with van der Waals surface area (Å²) in [5.41, 5.74) is 7.24. The van der Waals surface area contributed by atoms with E-state index < -0.39 is 5.97 Å². The van der Waals surface area contributed by atoms with Crippen molar-refractivity contribution in [3.05, 3.63) is 23.8 Å². The van der Waals surface area contributed by atoms with Crippen LogP contribution in [0.5, 0.6) is 0 Å². The Balaban J connectivity index is 2.43. The second-order valence-corrected chi connectivity index (χ2v) is 4.43. The lowest BCUT2D eigenvalue weighted by molar-refractivity contribution is -0.122. The zero-order chi connectivity index (χ0) is 14.0. The summed E-state index contributed by atoms with van der Waals surface area (Å²) < 4.78 is 4.76. The summed E-state index contributed by atoms with van der Waals surface area (Å²) in [5.74, 6) is -0.514. The first-order valence-corrected chi connectivity index (χ1v) is 6.06. The summed E-state index contributed by atoms with van der Waals surface area (Å²) in [6.07, 6.45) is 0. The molecule has 1 heterocycles. The number of nitrogens with two attached hydrogens (primary N) is 1. The number of rotatable bonds is 2. The monoisotopic (exact) mass is 263 g/mol. The molecule has 1 aliphatic rings. The Hall–Kier alpha value is -2.24. The summed E-state index contributed by atoms with van der Waals surface area (Å²) in [6, 6.07) is 4.69. The highest BCUT2D eigenvalue weighted by Gasteiger charge is 2.28. The Kier molecular flexibility index (Phi) is 3.59. The maximum Gasteiger partial charge on any atom is 0.340 e. The molecule has 19 heavy (non-hydrogen) atoms. The summed E-state index contributed by atoms with van der Waals surface area (Å²) >= 11 is 0. The molecule has 6 heteroatoms. The molecule has 1 fully saturated rings. The third-order valence-electron chi connectivity index (χ3n) is 3.23. The number of carbonyl (C=O) groups is 2. The van der Waals surface area contributed by atoms with E-state index in [1.54, 1.807) is 25.1 Å². The van der Waals surface area contributed by atoms with E-state index in [9.17, 15) is 9.59 Å². The van der Waals surface area contributed by atoms with Crippen LogP contribution in [0.25, 0.3) is 0 Å². The summed E-state index contributed by atoms with van der Waals surface area (Å²) in [6.45, 7) is 2.99. The fourth-order valence-electron chi connectivity index (χ4n) is 2.19. The summed E-state index contributed by atoms with van der Waals surface area (Å²) in [5, 5.41) is 2.78. The number of esters is 1. The van der Waals surface area contributed by atoms with E-state index in [0.717, 1.165) is 0 Å². The number of nitrogens with zero attached hydrogens (tertiary/aromatic N) is 1. The molecular formula is C13H17N3O3. The third-order valence-corrected chi connectivity index (χ3v) is 3.23. The van der Waals surface area contributed by atoms with Crippen LogP contribution in [0.15, 0.2) is 18.2 Å². The molecule has 0 bridgehead atoms. The maximum absolute atomic E-state index is 11.8. The smallest absolute Gasteiger partial charge is 0.340 e. The van der Waals surface area contributed by atoms with Gasteiger partial charge in [0.25, 0.3) is 0 Å². The van der Waals surface area contributed by atoms with Crippen molar-refractivity contribution >= 4 is 23.3 Å². The van der Waals surface area contributed by atoms with Gasteiger partial charge in [-0.05, 0) is 25.1 Å². The number of hydrogen-bond donors (Lipinski definition) is 2. The largest absolute Gasteiger partial charge is 0.465 e. The molecule has 0 aliphatic carbocycles. The number of nitrogen functional groups attached to an aromatic ring is 1. The van der Waals surface area contributed by atoms with Crippen LogP contribution in [0.1, 0.15) is 17.3 Å². The standard InChI is InChI=1S/C13H17N3O3/c1-8-12(17)15-5-6-16(8)11-4-3-9(14)7-10(11)13(18)19-2/h3-4,7-8H,5-6,14H2,1-2H3,(H,15,17). The number of amides is 1. The minimum Gasteiger partial charge on any atom is -0.465 e. The molecule has 1 aromatic rings. The molecule has 3 N–H and O–H groups in total. The molecular weight excluding hydrogens is 246 g/mol. The molecule has 0 aromatic heterocycles. The molecule has 1 saturated heterocycles. The Bertz CT molecular complexity index is 516. The van der Waals surface area contributed by atoms with Gasteiger partial charge in [0.2, 0.25) is 5.91 Å². The molecule has 1 aliphatic heterocycles. The first-order chi connectivity index (χ1) is 9.04. The quantitative estimate of drug-likeness (QED) is 0.595. The van der Waals surface area contributed by atoms with Gasteiger partial charge in [-0.2, -0.15) is 0 Å². The lowest BCUT2D eigenvalue weighted by atomic mass is 10.1. The van der Waals surface area contributed by atoms with Crippen LogP contribution in [0.3, 0.4) is 0 Å². The predicted octanol–water partition coefficient (Wildman–Crippen LogP) is 0.380. The minimum absolute atomic E-state index is 0.0566. The summed E-state index contributed by atoms with van der Waals surface area (Å²) in [4.78, 5) is 25.4. The van der Waals surface area contributed by atoms with Crippen molar-refractivity contribution in [2.45, 2.75) is 13.0 Å². The van der Waals surface area contributed by atoms with Crippen LogP contribution < -0.4 is 16.0 Å². The van der Waals surface area contributed by atoms with E-state index in [-0.39, 0.29) is 11.9 Å². The van der Waals surface area contributed by atoms with Crippen LogP contribution in [-0.2, 0) is 9.53 Å². The van der Waals surface area contributed by atoms with Crippen LogP contribution in [0.2, 0.25) is 0 Å². The van der Waals surface area contributed by atoms with E-state index in [4.69, 9.17) is 10.5 Å². The van der Waals surface area contributed by atoms with Crippen LogP contribution in [-0.4, -0.2) is 38.1 Å². The molecule has 1 amide bonds. The zero-order valence-corrected chi connectivity index (χ0v) is 11.0. The van der Waals surface area contributed by atoms with E-state index >= 15 is 0 Å². The van der Waals surface area contributed by atoms with Crippen molar-refractivity contribution in [3.8, 4) is 0 Å². The van der Waals surface area contributed by atoms with E-state index in [1.165, 1.54) is 7.11 Å². The number of piperazine rings is 1. The van der Waals surface area contributed by atoms with Crippen LogP contribution in [0, 0.1) is 0 Å². The topological polar surface area (TPSA) is 84.7 Å². The number of benzene rings is 1. The zero-order valence-electron chi connectivity index (χ0n) is 11.0. The van der Waals surface area contributed by atoms with Gasteiger partial charge < -0.3 is 20.7 Å². The lowest BCUT2D eigenvalue weighted by Gasteiger charge is -2.35. The Labute approximate surface area is 111 Å². The fraction of sp³-hybridized carbons (Fsp3) is 0.385. The maximum atomic E-state index is 11.8. The molecule has 1 aromatic carbocycles. The van der Waals surface area contributed by atoms with E-state index in [1.807, 2.05) is 4.90 Å². The number of carbonyl (C=O) groups excluding carboxylic acids is 2. The van der Waals surface area contributed by atoms with Gasteiger partial charge in [-0.3, -0.25) is 4.79 Å². The molecule has 0 spiro atoms. The van der Waals surface area contributed by atoms with Crippen LogP contribution >= 0.6 is 0 Å². The first kappa shape index (κ1) is 13.2. The molecule has 102 valence electrons. The van der Waals surface area contributed by atoms with Crippen molar-refractivity contribution in [1.29, 1.82) is 0 Å². The highest BCUT2D eigenvalue weighted by molar-refractivity contribution is 5.98. The molecule has 1 atom stereocenters. The van der Waals surface area contributed by atoms with Gasteiger partial charge in [0.15, 0.2) is 0 Å². The summed E-state index contributed by atoms with van der Waals surface area (Å²) in [7, 11) is 1.32. The van der Waals surface area contributed by atoms with Gasteiger partial charge in [-0.15, -0.1) is 0 Å². The Morgan fingerprint density at radius 3 is 2.95 bits per heavy atom. The number of ether oxygens (including phenoxy) is 1. The van der Waals surface area contributed by atoms with Gasteiger partial charge in [0, 0.05) is 18.8 Å².